The maximum Gasteiger partial charge on any atom is 0.244 e. The van der Waals surface area contributed by atoms with Gasteiger partial charge in [-0.3, -0.25) is 4.79 Å². The van der Waals surface area contributed by atoms with Gasteiger partial charge in [0.2, 0.25) is 5.91 Å². The first-order chi connectivity index (χ1) is 11.0. The number of halogens is 2. The summed E-state index contributed by atoms with van der Waals surface area (Å²) >= 11 is 6.58. The number of hydrogen-bond acceptors (Lipinski definition) is 3. The summed E-state index contributed by atoms with van der Waals surface area (Å²) in [6.07, 6.45) is 2.64. The van der Waals surface area contributed by atoms with Gasteiger partial charge in [-0.15, -0.1) is 0 Å². The molecule has 0 fully saturated rings. The van der Waals surface area contributed by atoms with Gasteiger partial charge in [0.05, 0.1) is 17.1 Å². The number of nitrogens with zero attached hydrogens (tertiary/aromatic N) is 1. The van der Waals surface area contributed by atoms with Crippen LogP contribution < -0.4 is 5.43 Å². The molecule has 4 nitrogen and oxygen atoms in total. The van der Waals surface area contributed by atoms with Gasteiger partial charge in [-0.25, -0.2) is 5.43 Å². The van der Waals surface area contributed by atoms with Crippen LogP contribution in [0.25, 0.3) is 0 Å². The molecule has 0 radical (unpaired) electrons. The van der Waals surface area contributed by atoms with Crippen LogP contribution in [0.2, 0.25) is 0 Å². The van der Waals surface area contributed by atoms with E-state index in [0.29, 0.717) is 10.0 Å². The van der Waals surface area contributed by atoms with Crippen LogP contribution in [0.1, 0.15) is 23.6 Å². The Morgan fingerprint density at radius 2 is 1.87 bits per heavy atom. The van der Waals surface area contributed by atoms with E-state index in [4.69, 9.17) is 0 Å². The predicted octanol–water partition coefficient (Wildman–Crippen LogP) is 4.17. The Morgan fingerprint density at radius 1 is 1.22 bits per heavy atom. The van der Waals surface area contributed by atoms with Crippen LogP contribution >= 0.6 is 31.9 Å². The number of aromatic hydroxyl groups is 1. The lowest BCUT2D eigenvalue weighted by molar-refractivity contribution is -0.120. The van der Waals surface area contributed by atoms with Crippen molar-refractivity contribution in [2.24, 2.45) is 5.10 Å². The fourth-order valence-electron chi connectivity index (χ4n) is 1.98. The average molecular weight is 440 g/mol. The Kier molecular flexibility index (Phi) is 6.36. The van der Waals surface area contributed by atoms with E-state index >= 15 is 0 Å². The second-order valence-corrected chi connectivity index (χ2v) is 6.74. The zero-order valence-corrected chi connectivity index (χ0v) is 15.7. The molecule has 2 rings (SSSR count). The van der Waals surface area contributed by atoms with Crippen molar-refractivity contribution in [3.8, 4) is 5.75 Å². The SMILES string of the molecule is CCc1ccc(CC(=O)N/N=C\c2cc(Br)cc(Br)c2O)cc1. The van der Waals surface area contributed by atoms with E-state index in [9.17, 15) is 9.90 Å². The summed E-state index contributed by atoms with van der Waals surface area (Å²) in [5, 5.41) is 13.8. The molecule has 6 heteroatoms. The first kappa shape index (κ1) is 17.7. The van der Waals surface area contributed by atoms with Crippen LogP contribution in [0.15, 0.2) is 50.4 Å². The normalized spacial score (nSPS) is 10.9. The molecule has 120 valence electrons. The van der Waals surface area contributed by atoms with Gasteiger partial charge in [0, 0.05) is 10.0 Å². The number of hydrogen-bond donors (Lipinski definition) is 2. The highest BCUT2D eigenvalue weighted by Gasteiger charge is 2.06. The van der Waals surface area contributed by atoms with Crippen molar-refractivity contribution in [2.45, 2.75) is 19.8 Å². The second kappa shape index (κ2) is 8.26. The first-order valence-corrected chi connectivity index (χ1v) is 8.66. The minimum Gasteiger partial charge on any atom is -0.506 e. The number of rotatable bonds is 5. The lowest BCUT2D eigenvalue weighted by Crippen LogP contribution is -2.19. The Bertz CT molecular complexity index is 728. The lowest BCUT2D eigenvalue weighted by atomic mass is 10.1. The molecular formula is C17H16Br2N2O2. The molecule has 0 saturated heterocycles. The molecule has 0 atom stereocenters. The second-order valence-electron chi connectivity index (χ2n) is 4.97. The summed E-state index contributed by atoms with van der Waals surface area (Å²) in [6.45, 7) is 2.09. The van der Waals surface area contributed by atoms with E-state index in [0.717, 1.165) is 16.5 Å². The standard InChI is InChI=1S/C17H16Br2N2O2/c1-2-11-3-5-12(6-4-11)7-16(22)21-20-10-13-8-14(18)9-15(19)17(13)23/h3-6,8-10,23H,2,7H2,1H3,(H,21,22)/b20-10-. The third kappa shape index (κ3) is 5.18. The van der Waals surface area contributed by atoms with Gasteiger partial charge in [-0.1, -0.05) is 47.1 Å². The molecule has 0 saturated carbocycles. The van der Waals surface area contributed by atoms with Gasteiger partial charge >= 0.3 is 0 Å². The number of nitrogens with one attached hydrogen (secondary N) is 1. The topological polar surface area (TPSA) is 61.7 Å². The monoisotopic (exact) mass is 438 g/mol. The molecular weight excluding hydrogens is 424 g/mol. The fraction of sp³-hybridized carbons (Fsp3) is 0.176. The van der Waals surface area contributed by atoms with Crippen molar-refractivity contribution in [2.75, 3.05) is 0 Å². The van der Waals surface area contributed by atoms with Crippen molar-refractivity contribution in [1.29, 1.82) is 0 Å². The van der Waals surface area contributed by atoms with E-state index in [1.54, 1.807) is 12.1 Å². The molecule has 0 aliphatic heterocycles. The Labute approximate surface area is 151 Å². The quantitative estimate of drug-likeness (QED) is 0.542. The van der Waals surface area contributed by atoms with Crippen LogP contribution in [0.5, 0.6) is 5.75 Å². The summed E-state index contributed by atoms with van der Waals surface area (Å²) in [5.41, 5.74) is 5.13. The largest absolute Gasteiger partial charge is 0.506 e. The van der Waals surface area contributed by atoms with Crippen LogP contribution in [0.4, 0.5) is 0 Å². The van der Waals surface area contributed by atoms with Crippen LogP contribution in [-0.2, 0) is 17.6 Å². The Balaban J connectivity index is 1.96. The van der Waals surface area contributed by atoms with Gasteiger partial charge in [0.1, 0.15) is 5.75 Å². The number of aryl methyl sites for hydroxylation is 1. The third-order valence-corrected chi connectivity index (χ3v) is 4.31. The number of benzene rings is 2. The van der Waals surface area contributed by atoms with Gasteiger partial charge < -0.3 is 5.11 Å². The molecule has 0 aliphatic rings. The third-order valence-electron chi connectivity index (χ3n) is 3.25. The molecule has 2 N–H and O–H groups in total. The lowest BCUT2D eigenvalue weighted by Gasteiger charge is -2.04. The summed E-state index contributed by atoms with van der Waals surface area (Å²) in [7, 11) is 0. The van der Waals surface area contributed by atoms with E-state index in [1.807, 2.05) is 24.3 Å². The van der Waals surface area contributed by atoms with Crippen molar-refractivity contribution in [3.63, 3.8) is 0 Å². The fourth-order valence-corrected chi connectivity index (χ4v) is 3.23. The number of phenols is 1. The highest BCUT2D eigenvalue weighted by molar-refractivity contribution is 9.11. The highest BCUT2D eigenvalue weighted by atomic mass is 79.9. The maximum absolute atomic E-state index is 11.9. The number of carbonyl (C=O) groups is 1. The van der Waals surface area contributed by atoms with Crippen molar-refractivity contribution < 1.29 is 9.90 Å². The summed E-state index contributed by atoms with van der Waals surface area (Å²) in [5.74, 6) is -0.139. The highest BCUT2D eigenvalue weighted by Crippen LogP contribution is 2.30. The van der Waals surface area contributed by atoms with E-state index in [-0.39, 0.29) is 18.1 Å². The summed E-state index contributed by atoms with van der Waals surface area (Å²) in [6, 6.07) is 11.4. The van der Waals surface area contributed by atoms with Crippen LogP contribution in [0.3, 0.4) is 0 Å². The van der Waals surface area contributed by atoms with Crippen molar-refractivity contribution in [1.82, 2.24) is 5.43 Å². The predicted molar refractivity (Wildman–Crippen MR) is 98.8 cm³/mol. The molecule has 0 bridgehead atoms. The molecule has 0 aromatic heterocycles. The number of amides is 1. The Hall–Kier alpha value is -1.66. The zero-order valence-electron chi connectivity index (χ0n) is 12.5. The van der Waals surface area contributed by atoms with Gasteiger partial charge in [-0.2, -0.15) is 5.10 Å². The van der Waals surface area contributed by atoms with Gasteiger partial charge in [-0.05, 0) is 45.6 Å². The molecule has 0 unspecified atom stereocenters. The van der Waals surface area contributed by atoms with Gasteiger partial charge in [0.25, 0.3) is 0 Å². The smallest absolute Gasteiger partial charge is 0.244 e. The van der Waals surface area contributed by atoms with Crippen LogP contribution in [-0.4, -0.2) is 17.2 Å². The molecule has 0 heterocycles. The molecule has 1 amide bonds. The minimum atomic E-state index is -0.209. The van der Waals surface area contributed by atoms with Crippen LogP contribution in [0, 0.1) is 0 Å². The number of hydrazone groups is 1. The van der Waals surface area contributed by atoms with E-state index in [2.05, 4.69) is 49.3 Å². The number of phenolic OH excluding ortho intramolecular Hbond substituents is 1. The van der Waals surface area contributed by atoms with Crippen molar-refractivity contribution >= 4 is 44.0 Å². The average Bonchev–Trinajstić information content (AvgIpc) is 2.52. The number of carbonyl (C=O) groups excluding carboxylic acids is 1. The van der Waals surface area contributed by atoms with E-state index < -0.39 is 0 Å². The molecule has 0 spiro atoms. The summed E-state index contributed by atoms with van der Waals surface area (Å²) < 4.78 is 1.35. The minimum absolute atomic E-state index is 0.0707. The van der Waals surface area contributed by atoms with Crippen molar-refractivity contribution in [3.05, 3.63) is 62.0 Å². The zero-order chi connectivity index (χ0) is 16.8. The van der Waals surface area contributed by atoms with E-state index in [1.165, 1.54) is 11.8 Å². The Morgan fingerprint density at radius 3 is 2.52 bits per heavy atom. The molecule has 2 aromatic carbocycles. The molecule has 0 aliphatic carbocycles. The molecule has 23 heavy (non-hydrogen) atoms. The maximum atomic E-state index is 11.9. The van der Waals surface area contributed by atoms with Gasteiger partial charge in [0.15, 0.2) is 0 Å². The summed E-state index contributed by atoms with van der Waals surface area (Å²) in [4.78, 5) is 11.9. The first-order valence-electron chi connectivity index (χ1n) is 7.07. The molecule has 2 aromatic rings.